The molecular formula is C16H24O3. The lowest BCUT2D eigenvalue weighted by molar-refractivity contribution is -0.206. The first-order chi connectivity index (χ1) is 9.33. The number of benzene rings is 1. The molecule has 0 unspecified atom stereocenters. The minimum absolute atomic E-state index is 0.215. The summed E-state index contributed by atoms with van der Waals surface area (Å²) >= 11 is 0. The van der Waals surface area contributed by atoms with Crippen LogP contribution >= 0.6 is 0 Å². The third kappa shape index (κ3) is 4.22. The van der Waals surface area contributed by atoms with Crippen LogP contribution in [-0.4, -0.2) is 20.3 Å². The van der Waals surface area contributed by atoms with Gasteiger partial charge in [-0.1, -0.05) is 38.3 Å². The molecular weight excluding hydrogens is 240 g/mol. The van der Waals surface area contributed by atoms with Gasteiger partial charge in [0.2, 0.25) is 0 Å². The number of unbranched alkanes of at least 4 members (excludes halogenated alkanes) is 2. The molecule has 1 heterocycles. The van der Waals surface area contributed by atoms with Gasteiger partial charge in [-0.15, -0.1) is 0 Å². The molecule has 1 aliphatic rings. The van der Waals surface area contributed by atoms with Crippen LogP contribution in [0, 0.1) is 5.92 Å². The highest BCUT2D eigenvalue weighted by atomic mass is 16.7. The first kappa shape index (κ1) is 14.4. The standard InChI is InChI=1S/C16H24O3/c1-3-4-5-6-13-11-18-16(19-12-13)14-7-9-15(17-2)10-8-14/h7-10,13,16H,3-6,11-12H2,1-2H3. The maximum absolute atomic E-state index is 5.82. The van der Waals surface area contributed by atoms with E-state index in [4.69, 9.17) is 14.2 Å². The van der Waals surface area contributed by atoms with Crippen molar-refractivity contribution in [3.63, 3.8) is 0 Å². The third-order valence-corrected chi connectivity index (χ3v) is 3.57. The van der Waals surface area contributed by atoms with Crippen LogP contribution in [0.25, 0.3) is 0 Å². The quantitative estimate of drug-likeness (QED) is 0.728. The molecule has 0 bridgehead atoms. The van der Waals surface area contributed by atoms with Crippen molar-refractivity contribution in [2.45, 2.75) is 38.9 Å². The Balaban J connectivity index is 1.78. The molecule has 19 heavy (non-hydrogen) atoms. The summed E-state index contributed by atoms with van der Waals surface area (Å²) in [5.74, 6) is 1.41. The van der Waals surface area contributed by atoms with E-state index < -0.39 is 0 Å². The van der Waals surface area contributed by atoms with Crippen LogP contribution in [0.1, 0.15) is 44.5 Å². The smallest absolute Gasteiger partial charge is 0.183 e. The number of hydrogen-bond donors (Lipinski definition) is 0. The molecule has 1 aromatic rings. The summed E-state index contributed by atoms with van der Waals surface area (Å²) in [5.41, 5.74) is 1.06. The summed E-state index contributed by atoms with van der Waals surface area (Å²) in [4.78, 5) is 0. The fourth-order valence-electron chi connectivity index (χ4n) is 2.35. The molecule has 0 atom stereocenters. The van der Waals surface area contributed by atoms with Gasteiger partial charge in [0.15, 0.2) is 6.29 Å². The monoisotopic (exact) mass is 264 g/mol. The van der Waals surface area contributed by atoms with Gasteiger partial charge in [-0.05, 0) is 18.6 Å². The molecule has 0 amide bonds. The Hall–Kier alpha value is -1.06. The van der Waals surface area contributed by atoms with Gasteiger partial charge in [-0.3, -0.25) is 0 Å². The first-order valence-electron chi connectivity index (χ1n) is 7.20. The van der Waals surface area contributed by atoms with Gasteiger partial charge < -0.3 is 14.2 Å². The molecule has 1 aliphatic heterocycles. The Morgan fingerprint density at radius 3 is 2.37 bits per heavy atom. The van der Waals surface area contributed by atoms with Crippen LogP contribution < -0.4 is 4.74 Å². The molecule has 3 heteroatoms. The highest BCUT2D eigenvalue weighted by Crippen LogP contribution is 2.28. The highest BCUT2D eigenvalue weighted by molar-refractivity contribution is 5.27. The van der Waals surface area contributed by atoms with Gasteiger partial charge >= 0.3 is 0 Å². The van der Waals surface area contributed by atoms with Gasteiger partial charge in [0, 0.05) is 11.5 Å². The first-order valence-corrected chi connectivity index (χ1v) is 7.20. The van der Waals surface area contributed by atoms with E-state index in [9.17, 15) is 0 Å². The van der Waals surface area contributed by atoms with E-state index in [0.717, 1.165) is 24.5 Å². The maximum Gasteiger partial charge on any atom is 0.183 e. The Morgan fingerprint density at radius 1 is 1.11 bits per heavy atom. The lowest BCUT2D eigenvalue weighted by Crippen LogP contribution is -2.27. The minimum atomic E-state index is -0.215. The van der Waals surface area contributed by atoms with Crippen molar-refractivity contribution in [2.75, 3.05) is 20.3 Å². The van der Waals surface area contributed by atoms with Crippen LogP contribution in [-0.2, 0) is 9.47 Å². The Kier molecular flexibility index (Phi) is 5.67. The van der Waals surface area contributed by atoms with Crippen molar-refractivity contribution in [3.05, 3.63) is 29.8 Å². The average molecular weight is 264 g/mol. The molecule has 0 radical (unpaired) electrons. The number of ether oxygens (including phenoxy) is 3. The van der Waals surface area contributed by atoms with Gasteiger partial charge in [0.05, 0.1) is 20.3 Å². The van der Waals surface area contributed by atoms with Crippen molar-refractivity contribution in [2.24, 2.45) is 5.92 Å². The predicted octanol–water partition coefficient (Wildman–Crippen LogP) is 3.94. The van der Waals surface area contributed by atoms with Crippen molar-refractivity contribution >= 4 is 0 Å². The summed E-state index contributed by atoms with van der Waals surface area (Å²) < 4.78 is 16.8. The van der Waals surface area contributed by atoms with Gasteiger partial charge in [-0.25, -0.2) is 0 Å². The maximum atomic E-state index is 5.82. The van der Waals surface area contributed by atoms with E-state index in [1.54, 1.807) is 7.11 Å². The predicted molar refractivity (Wildman–Crippen MR) is 75.3 cm³/mol. The largest absolute Gasteiger partial charge is 0.497 e. The van der Waals surface area contributed by atoms with E-state index in [2.05, 4.69) is 6.92 Å². The second-order valence-corrected chi connectivity index (χ2v) is 5.13. The Labute approximate surface area is 115 Å². The summed E-state index contributed by atoms with van der Waals surface area (Å²) in [6, 6.07) is 7.88. The molecule has 0 spiro atoms. The molecule has 2 rings (SSSR count). The molecule has 1 aromatic carbocycles. The van der Waals surface area contributed by atoms with Gasteiger partial charge in [-0.2, -0.15) is 0 Å². The van der Waals surface area contributed by atoms with E-state index in [1.165, 1.54) is 25.7 Å². The zero-order valence-electron chi connectivity index (χ0n) is 11.9. The second kappa shape index (κ2) is 7.51. The van der Waals surface area contributed by atoms with E-state index >= 15 is 0 Å². The zero-order valence-corrected chi connectivity index (χ0v) is 11.9. The fourth-order valence-corrected chi connectivity index (χ4v) is 2.35. The van der Waals surface area contributed by atoms with Crippen molar-refractivity contribution < 1.29 is 14.2 Å². The zero-order chi connectivity index (χ0) is 13.5. The number of hydrogen-bond acceptors (Lipinski definition) is 3. The molecule has 0 N–H and O–H groups in total. The molecule has 0 saturated carbocycles. The topological polar surface area (TPSA) is 27.7 Å². The molecule has 1 fully saturated rings. The van der Waals surface area contributed by atoms with Gasteiger partial charge in [0.25, 0.3) is 0 Å². The average Bonchev–Trinajstić information content (AvgIpc) is 2.48. The molecule has 0 aromatic heterocycles. The van der Waals surface area contributed by atoms with E-state index in [1.807, 2.05) is 24.3 Å². The molecule has 0 aliphatic carbocycles. The lowest BCUT2D eigenvalue weighted by Gasteiger charge is -2.29. The van der Waals surface area contributed by atoms with Gasteiger partial charge in [0.1, 0.15) is 5.75 Å². The van der Waals surface area contributed by atoms with E-state index in [-0.39, 0.29) is 6.29 Å². The second-order valence-electron chi connectivity index (χ2n) is 5.13. The molecule has 106 valence electrons. The number of methoxy groups -OCH3 is 1. The summed E-state index contributed by atoms with van der Waals surface area (Å²) in [6.45, 7) is 3.84. The van der Waals surface area contributed by atoms with E-state index in [0.29, 0.717) is 5.92 Å². The highest BCUT2D eigenvalue weighted by Gasteiger charge is 2.23. The third-order valence-electron chi connectivity index (χ3n) is 3.57. The van der Waals surface area contributed by atoms with Crippen molar-refractivity contribution in [1.82, 2.24) is 0 Å². The van der Waals surface area contributed by atoms with Crippen molar-refractivity contribution in [1.29, 1.82) is 0 Å². The molecule has 1 saturated heterocycles. The van der Waals surface area contributed by atoms with Crippen molar-refractivity contribution in [3.8, 4) is 5.75 Å². The summed E-state index contributed by atoms with van der Waals surface area (Å²) in [5, 5.41) is 0. The molecule has 3 nitrogen and oxygen atoms in total. The minimum Gasteiger partial charge on any atom is -0.497 e. The van der Waals surface area contributed by atoms with Crippen LogP contribution in [0.4, 0.5) is 0 Å². The SMILES string of the molecule is CCCCCC1COC(c2ccc(OC)cc2)OC1. The summed E-state index contributed by atoms with van der Waals surface area (Å²) in [6.07, 6.45) is 4.85. The normalized spacial score (nSPS) is 23.3. The number of rotatable bonds is 6. The Morgan fingerprint density at radius 2 is 1.79 bits per heavy atom. The van der Waals surface area contributed by atoms with Crippen LogP contribution in [0.5, 0.6) is 5.75 Å². The lowest BCUT2D eigenvalue weighted by atomic mass is 10.0. The summed E-state index contributed by atoms with van der Waals surface area (Å²) in [7, 11) is 1.67. The fraction of sp³-hybridized carbons (Fsp3) is 0.625. The van der Waals surface area contributed by atoms with Crippen LogP contribution in [0.3, 0.4) is 0 Å². The Bertz CT molecular complexity index is 353. The van der Waals surface area contributed by atoms with Crippen LogP contribution in [0.2, 0.25) is 0 Å². The van der Waals surface area contributed by atoms with Crippen LogP contribution in [0.15, 0.2) is 24.3 Å².